The molecule has 14 nitrogen and oxygen atoms in total. The highest BCUT2D eigenvalue weighted by Gasteiger charge is 2.37. The van der Waals surface area contributed by atoms with Crippen LogP contribution < -0.4 is 12.4 Å². The minimum absolute atomic E-state index is 0. The Kier molecular flexibility index (Phi) is 14.1. The quantitative estimate of drug-likeness (QED) is 0.0726. The lowest BCUT2D eigenvalue weighted by atomic mass is 10.2. The summed E-state index contributed by atoms with van der Waals surface area (Å²) in [5.41, 5.74) is 1.74. The van der Waals surface area contributed by atoms with Crippen molar-refractivity contribution in [2.45, 2.75) is 25.7 Å². The Morgan fingerprint density at radius 2 is 1.05 bits per heavy atom. The summed E-state index contributed by atoms with van der Waals surface area (Å²) in [6, 6.07) is 20.9. The number of hydrogen-bond donors (Lipinski definition) is 0. The first-order valence-electron chi connectivity index (χ1n) is 19.1. The van der Waals surface area contributed by atoms with Crippen molar-refractivity contribution in [3.63, 3.8) is 0 Å². The van der Waals surface area contributed by atoms with Gasteiger partial charge in [0.15, 0.2) is 0 Å². The summed E-state index contributed by atoms with van der Waals surface area (Å²) >= 11 is 11.9. The molecule has 2 aromatic heterocycles. The van der Waals surface area contributed by atoms with Crippen molar-refractivity contribution in [2.24, 2.45) is 10.2 Å². The summed E-state index contributed by atoms with van der Waals surface area (Å²) in [7, 11) is 2.26. The number of carbonyl (C=O) groups is 4. The first-order chi connectivity index (χ1) is 27.5. The molecule has 17 heteroatoms. The smallest absolute Gasteiger partial charge is 0.347 e. The summed E-state index contributed by atoms with van der Waals surface area (Å²) in [4.78, 5) is 56.2. The molecule has 3 fully saturated rings. The Morgan fingerprint density at radius 3 is 1.52 bits per heavy atom. The highest BCUT2D eigenvalue weighted by atomic mass is 35.5. The van der Waals surface area contributed by atoms with Gasteiger partial charge in [-0.15, -0.1) is 0 Å². The van der Waals surface area contributed by atoms with Crippen molar-refractivity contribution in [3.05, 3.63) is 94.4 Å². The van der Waals surface area contributed by atoms with Gasteiger partial charge in [-0.3, -0.25) is 24.3 Å². The van der Waals surface area contributed by atoms with E-state index in [1.54, 1.807) is 36.4 Å². The lowest BCUT2D eigenvalue weighted by Crippen LogP contribution is -3.00. The van der Waals surface area contributed by atoms with E-state index in [9.17, 15) is 19.2 Å². The fourth-order valence-corrected chi connectivity index (χ4v) is 7.37. The van der Waals surface area contributed by atoms with Crippen molar-refractivity contribution in [3.8, 4) is 22.6 Å². The standard InChI is InChI=1S/C41H45Cl2N8O6.ClH/c1-51(23-5-4-20-48-39(53)29-50(41(48)55)45-27-35-15-17-37(57-35)31-8-12-33(43)13-9-31)24-21-46(22-25-51)18-2-3-19-47-38(52)28-49(40(47)54)44-26-34-14-16-36(56-34)30-6-10-32(42)11-7-30;/h6-17,26-27H,2-5,18-25,28-29H2,1H3;1H/q+1;/p-1. The second-order valence-corrected chi connectivity index (χ2v) is 15.6. The SMILES string of the molecule is C[N+]1(CCCCN2C(=O)CN(N=Cc3ccc(-c4ccc(Cl)cc4)o3)C2=O)CCN(CCCCN2C(=O)CN(N=Cc3ccc(-c4ccc(Cl)cc4)o3)C2=O)CC1.[Cl-]. The van der Waals surface area contributed by atoms with Crippen LogP contribution in [0, 0.1) is 0 Å². The number of halogens is 3. The van der Waals surface area contributed by atoms with E-state index in [2.05, 4.69) is 22.2 Å². The van der Waals surface area contributed by atoms with Crippen LogP contribution >= 0.6 is 23.2 Å². The average molecular weight is 852 g/mol. The lowest BCUT2D eigenvalue weighted by molar-refractivity contribution is -0.913. The van der Waals surface area contributed by atoms with E-state index in [1.807, 2.05) is 36.4 Å². The number of quaternary nitrogens is 1. The van der Waals surface area contributed by atoms with Crippen LogP contribution in [0.25, 0.3) is 22.6 Å². The van der Waals surface area contributed by atoms with E-state index in [1.165, 1.54) is 32.2 Å². The summed E-state index contributed by atoms with van der Waals surface area (Å²) in [6.07, 6.45) is 6.09. The van der Waals surface area contributed by atoms with Crippen molar-refractivity contribution >= 4 is 59.5 Å². The van der Waals surface area contributed by atoms with Crippen LogP contribution in [-0.2, 0) is 9.59 Å². The minimum atomic E-state index is -0.425. The van der Waals surface area contributed by atoms with Gasteiger partial charge >= 0.3 is 12.1 Å². The zero-order valence-corrected chi connectivity index (χ0v) is 34.4. The van der Waals surface area contributed by atoms with Crippen molar-refractivity contribution in [1.82, 2.24) is 24.7 Å². The molecule has 58 heavy (non-hydrogen) atoms. The summed E-state index contributed by atoms with van der Waals surface area (Å²) < 4.78 is 12.6. The van der Waals surface area contributed by atoms with Gasteiger partial charge in [-0.2, -0.15) is 10.2 Å². The summed E-state index contributed by atoms with van der Waals surface area (Å²) in [5.74, 6) is 1.72. The molecule has 7 rings (SSSR count). The van der Waals surface area contributed by atoms with Crippen LogP contribution in [-0.4, -0.2) is 138 Å². The molecule has 3 aliphatic rings. The summed E-state index contributed by atoms with van der Waals surface area (Å²) in [6.45, 7) is 6.30. The number of imide groups is 2. The second kappa shape index (κ2) is 19.2. The molecule has 0 unspecified atom stereocenters. The van der Waals surface area contributed by atoms with Crippen LogP contribution in [0.3, 0.4) is 0 Å². The van der Waals surface area contributed by atoms with E-state index in [0.717, 1.165) is 74.1 Å². The minimum Gasteiger partial charge on any atom is -1.00 e. The van der Waals surface area contributed by atoms with Crippen LogP contribution in [0.1, 0.15) is 37.2 Å². The molecule has 0 N–H and O–H groups in total. The number of benzene rings is 2. The largest absolute Gasteiger partial charge is 1.00 e. The molecule has 3 saturated heterocycles. The van der Waals surface area contributed by atoms with E-state index >= 15 is 0 Å². The molecule has 5 heterocycles. The van der Waals surface area contributed by atoms with E-state index in [0.29, 0.717) is 52.6 Å². The fourth-order valence-electron chi connectivity index (χ4n) is 7.12. The third-order valence-corrected chi connectivity index (χ3v) is 11.1. The number of unbranched alkanes of at least 4 members (excludes halogenated alkanes) is 2. The lowest BCUT2D eigenvalue weighted by Gasteiger charge is -2.42. The number of piperazine rings is 1. The topological polar surface area (TPSA) is 135 Å². The van der Waals surface area contributed by atoms with Crippen LogP contribution in [0.4, 0.5) is 9.59 Å². The number of urea groups is 2. The van der Waals surface area contributed by atoms with Gasteiger partial charge in [0.25, 0.3) is 11.8 Å². The van der Waals surface area contributed by atoms with Gasteiger partial charge in [-0.25, -0.2) is 19.6 Å². The second-order valence-electron chi connectivity index (χ2n) is 14.7. The molecule has 0 atom stereocenters. The fraction of sp³-hybridized carbons (Fsp3) is 0.366. The molecule has 0 radical (unpaired) electrons. The summed E-state index contributed by atoms with van der Waals surface area (Å²) in [5, 5.41) is 12.1. The average Bonchev–Trinajstić information content (AvgIpc) is 3.99. The van der Waals surface area contributed by atoms with Crippen molar-refractivity contribution in [1.29, 1.82) is 0 Å². The molecule has 306 valence electrons. The molecule has 4 aromatic rings. The molecule has 0 spiro atoms. The monoisotopic (exact) mass is 850 g/mol. The van der Waals surface area contributed by atoms with Crippen LogP contribution in [0.15, 0.2) is 91.8 Å². The molecule has 0 bridgehead atoms. The Labute approximate surface area is 353 Å². The maximum Gasteiger partial charge on any atom is 0.347 e. The zero-order valence-electron chi connectivity index (χ0n) is 32.1. The van der Waals surface area contributed by atoms with E-state index in [-0.39, 0.29) is 37.3 Å². The molecule has 6 amide bonds. The van der Waals surface area contributed by atoms with Crippen LogP contribution in [0.5, 0.6) is 0 Å². The third kappa shape index (κ3) is 10.5. The highest BCUT2D eigenvalue weighted by molar-refractivity contribution is 6.30. The number of amides is 6. The molecule has 0 aliphatic carbocycles. The maximum atomic E-state index is 13.0. The van der Waals surface area contributed by atoms with Gasteiger partial charge in [0, 0.05) is 47.4 Å². The molecule has 0 saturated carbocycles. The van der Waals surface area contributed by atoms with Gasteiger partial charge in [-0.05, 0) is 105 Å². The van der Waals surface area contributed by atoms with Crippen molar-refractivity contribution < 1.29 is 44.9 Å². The predicted octanol–water partition coefficient (Wildman–Crippen LogP) is 3.74. The molecule has 2 aromatic carbocycles. The van der Waals surface area contributed by atoms with Gasteiger partial charge in [0.2, 0.25) is 0 Å². The van der Waals surface area contributed by atoms with Gasteiger partial charge in [-0.1, -0.05) is 23.2 Å². The zero-order chi connectivity index (χ0) is 39.9. The number of nitrogens with zero attached hydrogens (tertiary/aromatic N) is 8. The molecular formula is C41H45Cl3N8O6. The number of likely N-dealkylation sites (N-methyl/N-ethyl adjacent to an activating group) is 1. The first-order valence-corrected chi connectivity index (χ1v) is 19.9. The van der Waals surface area contributed by atoms with Gasteiger partial charge < -0.3 is 25.7 Å². The number of carbonyl (C=O) groups excluding carboxylic acids is 4. The normalized spacial score (nSPS) is 17.5. The first kappa shape index (κ1) is 42.6. The number of rotatable bonds is 16. The van der Waals surface area contributed by atoms with Crippen LogP contribution in [0.2, 0.25) is 10.0 Å². The molecule has 3 aliphatic heterocycles. The van der Waals surface area contributed by atoms with Gasteiger partial charge in [0.1, 0.15) is 36.1 Å². The highest BCUT2D eigenvalue weighted by Crippen LogP contribution is 2.25. The number of furan rings is 2. The predicted molar refractivity (Wildman–Crippen MR) is 217 cm³/mol. The van der Waals surface area contributed by atoms with Gasteiger partial charge in [0.05, 0.1) is 39.1 Å². The van der Waals surface area contributed by atoms with Crippen molar-refractivity contribution in [2.75, 3.05) is 72.5 Å². The Hall–Kier alpha value is -4.99. The van der Waals surface area contributed by atoms with E-state index < -0.39 is 12.1 Å². The third-order valence-electron chi connectivity index (χ3n) is 10.6. The number of hydrazone groups is 2. The maximum absolute atomic E-state index is 13.0. The Morgan fingerprint density at radius 1 is 0.621 bits per heavy atom. The molecular weight excluding hydrogens is 807 g/mol. The number of hydrogen-bond acceptors (Lipinski definition) is 9. The van der Waals surface area contributed by atoms with E-state index in [4.69, 9.17) is 32.0 Å². The Balaban J connectivity index is 0.00000567. The Bertz CT molecular complexity index is 2130.